The molecule has 6 rings (SSSR count). The lowest BCUT2D eigenvalue weighted by atomic mass is 10.2. The van der Waals surface area contributed by atoms with Crippen molar-refractivity contribution in [2.75, 3.05) is 30.8 Å². The Hall–Kier alpha value is -5.11. The quantitative estimate of drug-likeness (QED) is 0.395. The summed E-state index contributed by atoms with van der Waals surface area (Å²) >= 11 is 0. The Bertz CT molecular complexity index is 1720. The van der Waals surface area contributed by atoms with Crippen LogP contribution in [0.3, 0.4) is 0 Å². The van der Waals surface area contributed by atoms with Crippen LogP contribution in [0.25, 0.3) is 27.6 Å². The number of aromatic amines is 1. The lowest BCUT2D eigenvalue weighted by Gasteiger charge is -2.29. The summed E-state index contributed by atoms with van der Waals surface area (Å²) in [6.07, 6.45) is 1.33. The van der Waals surface area contributed by atoms with Gasteiger partial charge < -0.3 is 20.1 Å². The number of likely N-dealkylation sites (N-methyl/N-ethyl adjacent to an activating group) is 1. The molecule has 1 aliphatic heterocycles. The largest absolute Gasteiger partial charge is 0.486 e. The van der Waals surface area contributed by atoms with Crippen LogP contribution in [-0.4, -0.2) is 51.0 Å². The van der Waals surface area contributed by atoms with E-state index in [-0.39, 0.29) is 17.5 Å². The SMILES string of the molecule is CN(C[C@H]1COc2ccc(C#N)cc2O1)c1ncc2c3[nH]nc(N)c3c(=O)n(-c3ccccc3)c2n1. The summed E-state index contributed by atoms with van der Waals surface area (Å²) in [4.78, 5) is 24.6. The Kier molecular flexibility index (Phi) is 4.93. The maximum absolute atomic E-state index is 13.5. The number of nitrogen functional groups attached to an aromatic ring is 1. The monoisotopic (exact) mass is 480 g/mol. The number of para-hydroxylation sites is 1. The van der Waals surface area contributed by atoms with Crippen molar-refractivity contribution in [3.8, 4) is 23.3 Å². The van der Waals surface area contributed by atoms with Gasteiger partial charge in [0.1, 0.15) is 12.0 Å². The number of pyridine rings is 1. The third-order valence-corrected chi connectivity index (χ3v) is 6.07. The predicted molar refractivity (Wildman–Crippen MR) is 134 cm³/mol. The van der Waals surface area contributed by atoms with Crippen molar-refractivity contribution in [3.63, 3.8) is 0 Å². The molecule has 36 heavy (non-hydrogen) atoms. The van der Waals surface area contributed by atoms with Crippen LogP contribution in [0.5, 0.6) is 11.5 Å². The van der Waals surface area contributed by atoms with Gasteiger partial charge in [-0.25, -0.2) is 4.98 Å². The van der Waals surface area contributed by atoms with E-state index in [0.717, 1.165) is 0 Å². The van der Waals surface area contributed by atoms with Gasteiger partial charge in [0.15, 0.2) is 29.1 Å². The maximum atomic E-state index is 13.5. The molecule has 11 nitrogen and oxygen atoms in total. The molecule has 1 atom stereocenters. The molecule has 0 bridgehead atoms. The van der Waals surface area contributed by atoms with Crippen molar-refractivity contribution in [1.29, 1.82) is 5.26 Å². The van der Waals surface area contributed by atoms with Crippen molar-refractivity contribution in [2.45, 2.75) is 6.10 Å². The number of hydrogen-bond donors (Lipinski definition) is 2. The molecule has 178 valence electrons. The molecule has 3 aromatic heterocycles. The van der Waals surface area contributed by atoms with Crippen LogP contribution in [0.1, 0.15) is 5.56 Å². The Labute approximate surface area is 204 Å². The molecular weight excluding hydrogens is 460 g/mol. The molecular formula is C25H20N8O3. The normalized spacial score (nSPS) is 14.6. The van der Waals surface area contributed by atoms with E-state index in [1.165, 1.54) is 4.57 Å². The number of ether oxygens (including phenoxy) is 2. The van der Waals surface area contributed by atoms with Crippen LogP contribution < -0.4 is 25.7 Å². The summed E-state index contributed by atoms with van der Waals surface area (Å²) in [6, 6.07) is 16.4. The molecule has 4 heterocycles. The first-order valence-corrected chi connectivity index (χ1v) is 11.2. The molecule has 0 unspecified atom stereocenters. The van der Waals surface area contributed by atoms with Gasteiger partial charge in [-0.2, -0.15) is 15.3 Å². The van der Waals surface area contributed by atoms with Gasteiger partial charge >= 0.3 is 0 Å². The van der Waals surface area contributed by atoms with E-state index < -0.39 is 0 Å². The van der Waals surface area contributed by atoms with Gasteiger partial charge in [0.25, 0.3) is 5.56 Å². The van der Waals surface area contributed by atoms with E-state index in [2.05, 4.69) is 21.3 Å². The van der Waals surface area contributed by atoms with Gasteiger partial charge in [0, 0.05) is 19.3 Å². The summed E-state index contributed by atoms with van der Waals surface area (Å²) in [5.74, 6) is 1.65. The summed E-state index contributed by atoms with van der Waals surface area (Å²) in [5.41, 5.74) is 7.73. The highest BCUT2D eigenvalue weighted by Crippen LogP contribution is 2.33. The smallest absolute Gasteiger partial charge is 0.270 e. The van der Waals surface area contributed by atoms with E-state index in [0.29, 0.717) is 63.8 Å². The fourth-order valence-electron chi connectivity index (χ4n) is 4.35. The molecule has 11 heteroatoms. The number of nitrogens with two attached hydrogens (primary N) is 1. The Morgan fingerprint density at radius 1 is 1.25 bits per heavy atom. The van der Waals surface area contributed by atoms with Crippen LogP contribution in [0.15, 0.2) is 59.5 Å². The zero-order valence-corrected chi connectivity index (χ0v) is 19.2. The molecule has 0 saturated carbocycles. The fraction of sp³-hybridized carbons (Fsp3) is 0.160. The van der Waals surface area contributed by atoms with Crippen LogP contribution in [0, 0.1) is 11.3 Å². The molecule has 5 aromatic rings. The molecule has 0 amide bonds. The van der Waals surface area contributed by atoms with Crippen molar-refractivity contribution in [1.82, 2.24) is 24.7 Å². The number of rotatable bonds is 4. The van der Waals surface area contributed by atoms with Crippen molar-refractivity contribution in [2.24, 2.45) is 0 Å². The number of benzene rings is 2. The van der Waals surface area contributed by atoms with Crippen molar-refractivity contribution in [3.05, 3.63) is 70.6 Å². The molecule has 2 aromatic carbocycles. The third kappa shape index (κ3) is 3.43. The van der Waals surface area contributed by atoms with Gasteiger partial charge in [0.05, 0.1) is 34.8 Å². The predicted octanol–water partition coefficient (Wildman–Crippen LogP) is 2.39. The average Bonchev–Trinajstić information content (AvgIpc) is 3.30. The Morgan fingerprint density at radius 3 is 2.89 bits per heavy atom. The lowest BCUT2D eigenvalue weighted by molar-refractivity contribution is 0.0958. The number of anilines is 2. The van der Waals surface area contributed by atoms with Gasteiger partial charge in [-0.05, 0) is 24.3 Å². The Morgan fingerprint density at radius 2 is 2.08 bits per heavy atom. The van der Waals surface area contributed by atoms with E-state index in [1.54, 1.807) is 24.4 Å². The van der Waals surface area contributed by atoms with Crippen LogP contribution in [0.2, 0.25) is 0 Å². The minimum Gasteiger partial charge on any atom is -0.486 e. The van der Waals surface area contributed by atoms with Crippen LogP contribution >= 0.6 is 0 Å². The van der Waals surface area contributed by atoms with E-state index in [4.69, 9.17) is 25.5 Å². The molecule has 0 fully saturated rings. The van der Waals surface area contributed by atoms with Gasteiger partial charge in [0.2, 0.25) is 5.95 Å². The zero-order valence-electron chi connectivity index (χ0n) is 19.2. The number of H-pyrrole nitrogens is 1. The summed E-state index contributed by atoms with van der Waals surface area (Å²) in [6.45, 7) is 0.746. The second-order valence-electron chi connectivity index (χ2n) is 8.45. The molecule has 0 aliphatic carbocycles. The first-order valence-electron chi connectivity index (χ1n) is 11.2. The molecule has 3 N–H and O–H groups in total. The standard InChI is InChI=1S/C25H20N8O3/c1-32(12-16-13-35-18-8-7-14(10-26)9-19(18)36-16)25-28-11-17-21-20(22(27)31-30-21)24(34)33(23(17)29-25)15-5-3-2-4-6-15/h2-9,11,16H,12-13H2,1H3,(H3,27,30,31)/t16-/m0/s1. The highest BCUT2D eigenvalue weighted by Gasteiger charge is 2.25. The molecule has 0 saturated heterocycles. The number of nitriles is 1. The molecule has 1 aliphatic rings. The highest BCUT2D eigenvalue weighted by atomic mass is 16.6. The van der Waals surface area contributed by atoms with Crippen molar-refractivity contribution >= 4 is 33.7 Å². The topological polar surface area (TPSA) is 148 Å². The third-order valence-electron chi connectivity index (χ3n) is 6.07. The number of nitrogens with one attached hydrogen (secondary N) is 1. The van der Waals surface area contributed by atoms with Crippen LogP contribution in [0.4, 0.5) is 11.8 Å². The number of hydrogen-bond acceptors (Lipinski definition) is 9. The second kappa shape index (κ2) is 8.28. The number of aromatic nitrogens is 5. The Balaban J connectivity index is 1.39. The first-order chi connectivity index (χ1) is 17.5. The summed E-state index contributed by atoms with van der Waals surface area (Å²) < 4.78 is 13.4. The van der Waals surface area contributed by atoms with E-state index in [9.17, 15) is 4.79 Å². The lowest BCUT2D eigenvalue weighted by Crippen LogP contribution is -2.40. The minimum absolute atomic E-state index is 0.122. The van der Waals surface area contributed by atoms with E-state index in [1.807, 2.05) is 42.3 Å². The van der Waals surface area contributed by atoms with Crippen molar-refractivity contribution < 1.29 is 9.47 Å². The van der Waals surface area contributed by atoms with Gasteiger partial charge in [-0.3, -0.25) is 14.5 Å². The number of nitrogens with zero attached hydrogens (tertiary/aromatic N) is 6. The van der Waals surface area contributed by atoms with E-state index >= 15 is 0 Å². The van der Waals surface area contributed by atoms with Gasteiger partial charge in [-0.1, -0.05) is 18.2 Å². The zero-order chi connectivity index (χ0) is 24.8. The summed E-state index contributed by atoms with van der Waals surface area (Å²) in [7, 11) is 1.84. The average molecular weight is 480 g/mol. The van der Waals surface area contributed by atoms with Gasteiger partial charge in [-0.15, -0.1) is 0 Å². The minimum atomic E-state index is -0.323. The summed E-state index contributed by atoms with van der Waals surface area (Å²) in [5, 5.41) is 16.9. The second-order valence-corrected chi connectivity index (χ2v) is 8.45. The maximum Gasteiger partial charge on any atom is 0.270 e. The highest BCUT2D eigenvalue weighted by molar-refractivity contribution is 6.05. The first kappa shape index (κ1) is 21.4. The molecule has 0 spiro atoms. The fourth-order valence-corrected chi connectivity index (χ4v) is 4.35. The number of fused-ring (bicyclic) bond motifs is 4. The van der Waals surface area contributed by atoms with Crippen LogP contribution in [-0.2, 0) is 0 Å². The molecule has 0 radical (unpaired) electrons.